The Bertz CT molecular complexity index is 1460. The second kappa shape index (κ2) is 9.68. The second-order valence-electron chi connectivity index (χ2n) is 8.54. The van der Waals surface area contributed by atoms with Crippen LogP contribution in [-0.2, 0) is 15.6 Å². The first kappa shape index (κ1) is 23.3. The summed E-state index contributed by atoms with van der Waals surface area (Å²) in [6.45, 7) is 2.71. The van der Waals surface area contributed by atoms with Crippen LogP contribution in [0.5, 0.6) is 0 Å². The van der Waals surface area contributed by atoms with E-state index in [9.17, 15) is 13.2 Å². The Morgan fingerprint density at radius 3 is 2.26 bits per heavy atom. The van der Waals surface area contributed by atoms with Crippen molar-refractivity contribution in [2.75, 3.05) is 31.1 Å². The Balaban J connectivity index is 1.25. The number of carbonyl (C=O) groups excluding carboxylic acids is 1. The van der Waals surface area contributed by atoms with Gasteiger partial charge in [-0.2, -0.15) is 0 Å². The molecule has 0 spiro atoms. The van der Waals surface area contributed by atoms with Crippen molar-refractivity contribution in [1.29, 1.82) is 0 Å². The molecule has 0 unspecified atom stereocenters. The number of benzene rings is 3. The smallest absolute Gasteiger partial charge is 0.253 e. The van der Waals surface area contributed by atoms with Crippen LogP contribution < -0.4 is 4.90 Å². The minimum absolute atomic E-state index is 0.0478. The van der Waals surface area contributed by atoms with Gasteiger partial charge in [0.05, 0.1) is 16.2 Å². The van der Waals surface area contributed by atoms with Gasteiger partial charge in [-0.25, -0.2) is 8.42 Å². The zero-order valence-corrected chi connectivity index (χ0v) is 20.5. The van der Waals surface area contributed by atoms with Gasteiger partial charge in [-0.05, 0) is 54.1 Å². The van der Waals surface area contributed by atoms with Crippen LogP contribution in [0.4, 0.5) is 5.69 Å². The third kappa shape index (κ3) is 5.01. The van der Waals surface area contributed by atoms with E-state index in [2.05, 4.69) is 9.88 Å². The Hall–Kier alpha value is -3.42. The highest BCUT2D eigenvalue weighted by Gasteiger charge is 2.23. The summed E-state index contributed by atoms with van der Waals surface area (Å²) in [5.74, 6) is -0.204. The lowest BCUT2D eigenvalue weighted by atomic mass is 10.1. The highest BCUT2D eigenvalue weighted by atomic mass is 35.5. The van der Waals surface area contributed by atoms with Crippen LogP contribution in [0.25, 0.3) is 10.9 Å². The summed E-state index contributed by atoms with van der Waals surface area (Å²) in [5.41, 5.74) is 2.74. The molecular formula is C27H24ClN3O3S. The first-order valence-electron chi connectivity index (χ1n) is 11.4. The number of fused-ring (bicyclic) bond motifs is 1. The van der Waals surface area contributed by atoms with Crippen LogP contribution in [0.2, 0.25) is 5.02 Å². The van der Waals surface area contributed by atoms with Gasteiger partial charge in [0.15, 0.2) is 9.84 Å². The molecule has 0 aliphatic carbocycles. The predicted molar refractivity (Wildman–Crippen MR) is 139 cm³/mol. The van der Waals surface area contributed by atoms with Crippen molar-refractivity contribution in [2.45, 2.75) is 10.6 Å². The molecule has 0 saturated carbocycles. The number of amides is 1. The minimum atomic E-state index is -3.60. The second-order valence-corrected chi connectivity index (χ2v) is 10.9. The quantitative estimate of drug-likeness (QED) is 0.389. The molecule has 35 heavy (non-hydrogen) atoms. The summed E-state index contributed by atoms with van der Waals surface area (Å²) in [6.07, 6.45) is 1.59. The van der Waals surface area contributed by atoms with Crippen LogP contribution in [0.15, 0.2) is 90.0 Å². The number of hydrogen-bond donors (Lipinski definition) is 0. The van der Waals surface area contributed by atoms with E-state index in [1.54, 1.807) is 48.7 Å². The molecule has 0 bridgehead atoms. The molecule has 1 aromatic heterocycles. The Labute approximate surface area is 209 Å². The van der Waals surface area contributed by atoms with Crippen LogP contribution >= 0.6 is 11.6 Å². The van der Waals surface area contributed by atoms with Crippen LogP contribution in [0.3, 0.4) is 0 Å². The minimum Gasteiger partial charge on any atom is -0.368 e. The van der Waals surface area contributed by atoms with Gasteiger partial charge in [0, 0.05) is 54.0 Å². The van der Waals surface area contributed by atoms with Gasteiger partial charge >= 0.3 is 0 Å². The van der Waals surface area contributed by atoms with Crippen molar-refractivity contribution in [1.82, 2.24) is 9.88 Å². The van der Waals surface area contributed by atoms with Crippen LogP contribution in [0.1, 0.15) is 15.9 Å². The normalized spacial score (nSPS) is 14.3. The maximum atomic E-state index is 13.1. The number of carbonyl (C=O) groups is 1. The number of sulfone groups is 1. The molecule has 1 aliphatic rings. The number of rotatable bonds is 5. The van der Waals surface area contributed by atoms with Gasteiger partial charge in [0.2, 0.25) is 0 Å². The van der Waals surface area contributed by atoms with Crippen LogP contribution in [-0.4, -0.2) is 50.4 Å². The van der Waals surface area contributed by atoms with Crippen molar-refractivity contribution in [3.63, 3.8) is 0 Å². The molecule has 4 aromatic rings. The number of nitrogens with zero attached hydrogens (tertiary/aromatic N) is 3. The molecule has 1 fully saturated rings. The summed E-state index contributed by atoms with van der Waals surface area (Å²) >= 11 is 5.98. The zero-order chi connectivity index (χ0) is 24.4. The molecular weight excluding hydrogens is 482 g/mol. The lowest BCUT2D eigenvalue weighted by molar-refractivity contribution is 0.0747. The van der Waals surface area contributed by atoms with Gasteiger partial charge in [0.25, 0.3) is 5.91 Å². The standard InChI is InChI=1S/C27H24ClN3O3S/c28-23-10-12-24(13-11-23)30-15-17-31(18-16-30)27(32)22-8-6-20(7-9-22)19-35(33,34)25-5-1-3-21-4-2-14-29-26(21)25/h1-14H,15-19H2. The average molecular weight is 506 g/mol. The summed E-state index contributed by atoms with van der Waals surface area (Å²) < 4.78 is 26.2. The third-order valence-corrected chi connectivity index (χ3v) is 8.21. The van der Waals surface area contributed by atoms with Gasteiger partial charge in [-0.3, -0.25) is 9.78 Å². The lowest BCUT2D eigenvalue weighted by Gasteiger charge is -2.36. The van der Waals surface area contributed by atoms with Crippen molar-refractivity contribution >= 4 is 43.9 Å². The van der Waals surface area contributed by atoms with E-state index >= 15 is 0 Å². The molecule has 6 nitrogen and oxygen atoms in total. The van der Waals surface area contributed by atoms with Crippen molar-refractivity contribution in [3.05, 3.63) is 101 Å². The fourth-order valence-corrected chi connectivity index (χ4v) is 6.03. The van der Waals surface area contributed by atoms with E-state index in [0.29, 0.717) is 34.8 Å². The molecule has 0 atom stereocenters. The monoisotopic (exact) mass is 505 g/mol. The van der Waals surface area contributed by atoms with E-state index in [4.69, 9.17) is 11.6 Å². The molecule has 2 heterocycles. The predicted octanol–water partition coefficient (Wildman–Crippen LogP) is 4.82. The van der Waals surface area contributed by atoms with E-state index in [0.717, 1.165) is 24.2 Å². The number of para-hydroxylation sites is 1. The fraction of sp³-hybridized carbons (Fsp3) is 0.185. The number of anilines is 1. The SMILES string of the molecule is O=C(c1ccc(CS(=O)(=O)c2cccc3cccnc23)cc1)N1CCN(c2ccc(Cl)cc2)CC1. The fourth-order valence-electron chi connectivity index (χ4n) is 4.37. The maximum Gasteiger partial charge on any atom is 0.253 e. The maximum absolute atomic E-state index is 13.1. The summed E-state index contributed by atoms with van der Waals surface area (Å²) in [7, 11) is -3.60. The van der Waals surface area contributed by atoms with Crippen molar-refractivity contribution in [2.24, 2.45) is 0 Å². The van der Waals surface area contributed by atoms with E-state index < -0.39 is 9.84 Å². The third-order valence-electron chi connectivity index (χ3n) is 6.25. The molecule has 8 heteroatoms. The van der Waals surface area contributed by atoms with Crippen molar-refractivity contribution in [3.8, 4) is 0 Å². The molecule has 3 aromatic carbocycles. The Morgan fingerprint density at radius 2 is 1.54 bits per heavy atom. The van der Waals surface area contributed by atoms with Gasteiger partial charge in [-0.1, -0.05) is 41.9 Å². The molecule has 5 rings (SSSR count). The summed E-state index contributed by atoms with van der Waals surface area (Å²) in [6, 6.07) is 23.3. The molecule has 1 aliphatic heterocycles. The van der Waals surface area contributed by atoms with E-state index in [-0.39, 0.29) is 16.6 Å². The summed E-state index contributed by atoms with van der Waals surface area (Å²) in [5, 5.41) is 1.48. The number of piperazine rings is 1. The number of aromatic nitrogens is 1. The Kier molecular flexibility index (Phi) is 6.45. The first-order chi connectivity index (χ1) is 16.9. The zero-order valence-electron chi connectivity index (χ0n) is 19.0. The van der Waals surface area contributed by atoms with Crippen molar-refractivity contribution < 1.29 is 13.2 Å². The largest absolute Gasteiger partial charge is 0.368 e. The number of pyridine rings is 1. The highest BCUT2D eigenvalue weighted by molar-refractivity contribution is 7.90. The molecule has 1 amide bonds. The van der Waals surface area contributed by atoms with E-state index in [1.807, 2.05) is 41.3 Å². The van der Waals surface area contributed by atoms with Gasteiger partial charge in [-0.15, -0.1) is 0 Å². The lowest BCUT2D eigenvalue weighted by Crippen LogP contribution is -2.48. The van der Waals surface area contributed by atoms with E-state index in [1.165, 1.54) is 0 Å². The Morgan fingerprint density at radius 1 is 0.857 bits per heavy atom. The molecule has 1 saturated heterocycles. The number of halogens is 1. The molecule has 0 N–H and O–H groups in total. The van der Waals surface area contributed by atoms with Gasteiger partial charge < -0.3 is 9.80 Å². The van der Waals surface area contributed by atoms with Gasteiger partial charge in [0.1, 0.15) is 0 Å². The summed E-state index contributed by atoms with van der Waals surface area (Å²) in [4.78, 5) is 21.6. The van der Waals surface area contributed by atoms with Crippen LogP contribution in [0, 0.1) is 0 Å². The average Bonchev–Trinajstić information content (AvgIpc) is 2.89. The first-order valence-corrected chi connectivity index (χ1v) is 13.4. The number of hydrogen-bond acceptors (Lipinski definition) is 5. The topological polar surface area (TPSA) is 70.6 Å². The molecule has 178 valence electrons. The highest BCUT2D eigenvalue weighted by Crippen LogP contribution is 2.25. The molecule has 0 radical (unpaired) electrons.